The van der Waals surface area contributed by atoms with Crippen molar-refractivity contribution in [3.05, 3.63) is 47.8 Å². The number of methoxy groups -OCH3 is 1. The van der Waals surface area contributed by atoms with Gasteiger partial charge in [0.1, 0.15) is 0 Å². The molecule has 2 atom stereocenters. The third kappa shape index (κ3) is 2.63. The summed E-state index contributed by atoms with van der Waals surface area (Å²) < 4.78 is 6.83. The minimum absolute atomic E-state index is 0.0744. The summed E-state index contributed by atoms with van der Waals surface area (Å²) in [6.45, 7) is 1.30. The number of rotatable bonds is 5. The monoisotopic (exact) mass is 325 g/mol. The highest BCUT2D eigenvalue weighted by Crippen LogP contribution is 2.60. The van der Waals surface area contributed by atoms with E-state index in [2.05, 4.69) is 34.7 Å². The second kappa shape index (κ2) is 6.06. The number of aryl methyl sites for hydroxylation is 1. The average Bonchev–Trinajstić information content (AvgIpc) is 3.14. The molecule has 0 unspecified atom stereocenters. The second-order valence-corrected chi connectivity index (χ2v) is 6.90. The molecule has 0 radical (unpaired) electrons. The number of anilines is 1. The van der Waals surface area contributed by atoms with E-state index in [0.717, 1.165) is 24.9 Å². The van der Waals surface area contributed by atoms with Gasteiger partial charge >= 0.3 is 0 Å². The Morgan fingerprint density at radius 2 is 2.33 bits per heavy atom. The van der Waals surface area contributed by atoms with E-state index in [0.29, 0.717) is 13.2 Å². The number of carbonyl (C=O) groups excluding carboxylic acids is 1. The molecule has 1 aromatic carbocycles. The van der Waals surface area contributed by atoms with Crippen molar-refractivity contribution in [2.45, 2.75) is 37.6 Å². The molecule has 2 aliphatic carbocycles. The van der Waals surface area contributed by atoms with Crippen LogP contribution in [0.3, 0.4) is 0 Å². The summed E-state index contributed by atoms with van der Waals surface area (Å²) in [5.74, 6) is 0.208. The molecule has 1 N–H and O–H groups in total. The number of hydrogen-bond acceptors (Lipinski definition) is 3. The Kier molecular flexibility index (Phi) is 3.88. The maximum atomic E-state index is 12.7. The Balaban J connectivity index is 1.45. The first-order valence-electron chi connectivity index (χ1n) is 8.63. The van der Waals surface area contributed by atoms with Crippen molar-refractivity contribution < 1.29 is 9.53 Å². The highest BCUT2D eigenvalue weighted by atomic mass is 16.5. The van der Waals surface area contributed by atoms with Crippen LogP contribution in [0, 0.1) is 5.92 Å². The van der Waals surface area contributed by atoms with Gasteiger partial charge in [-0.2, -0.15) is 5.10 Å². The summed E-state index contributed by atoms with van der Waals surface area (Å²) >= 11 is 0. The molecule has 1 amide bonds. The summed E-state index contributed by atoms with van der Waals surface area (Å²) in [4.78, 5) is 12.7. The van der Waals surface area contributed by atoms with E-state index in [1.165, 1.54) is 17.5 Å². The normalized spacial score (nSPS) is 24.6. The zero-order valence-electron chi connectivity index (χ0n) is 14.0. The SMILES string of the molecule is COCCn1cc(NC(=O)[C@H]2C[C@@]23CCCc2ccccc23)cn1. The zero-order chi connectivity index (χ0) is 16.6. The topological polar surface area (TPSA) is 56.1 Å². The Hall–Kier alpha value is -2.14. The molecule has 0 aliphatic heterocycles. The lowest BCUT2D eigenvalue weighted by Gasteiger charge is -2.26. The predicted molar refractivity (Wildman–Crippen MR) is 91.9 cm³/mol. The fourth-order valence-electron chi connectivity index (χ4n) is 4.14. The maximum Gasteiger partial charge on any atom is 0.228 e. The number of hydrogen-bond donors (Lipinski definition) is 1. The van der Waals surface area contributed by atoms with Crippen molar-refractivity contribution in [3.8, 4) is 0 Å². The van der Waals surface area contributed by atoms with Crippen LogP contribution in [0.25, 0.3) is 0 Å². The van der Waals surface area contributed by atoms with Gasteiger partial charge in [-0.25, -0.2) is 0 Å². The highest BCUT2D eigenvalue weighted by Gasteiger charge is 2.60. The second-order valence-electron chi connectivity index (χ2n) is 6.90. The molecule has 126 valence electrons. The van der Waals surface area contributed by atoms with Crippen LogP contribution < -0.4 is 5.32 Å². The molecule has 1 heterocycles. The summed E-state index contributed by atoms with van der Waals surface area (Å²) in [5, 5.41) is 7.29. The minimum atomic E-state index is 0.0744. The van der Waals surface area contributed by atoms with Crippen LogP contribution in [0.1, 0.15) is 30.4 Å². The Labute approximate surface area is 142 Å². The molecule has 5 nitrogen and oxygen atoms in total. The molecule has 2 aromatic rings. The fourth-order valence-corrected chi connectivity index (χ4v) is 4.14. The van der Waals surface area contributed by atoms with Crippen LogP contribution in [-0.4, -0.2) is 29.4 Å². The van der Waals surface area contributed by atoms with E-state index in [9.17, 15) is 4.79 Å². The molecule has 0 bridgehead atoms. The number of aromatic nitrogens is 2. The van der Waals surface area contributed by atoms with Crippen molar-refractivity contribution >= 4 is 11.6 Å². The number of amides is 1. The Morgan fingerprint density at radius 3 is 3.21 bits per heavy atom. The number of benzene rings is 1. The maximum absolute atomic E-state index is 12.7. The van der Waals surface area contributed by atoms with Crippen LogP contribution >= 0.6 is 0 Å². The van der Waals surface area contributed by atoms with Crippen molar-refractivity contribution in [1.29, 1.82) is 0 Å². The predicted octanol–water partition coefficient (Wildman–Crippen LogP) is 2.76. The molecule has 24 heavy (non-hydrogen) atoms. The molecular formula is C19H23N3O2. The highest BCUT2D eigenvalue weighted by molar-refractivity contribution is 5.96. The Morgan fingerprint density at radius 1 is 1.46 bits per heavy atom. The van der Waals surface area contributed by atoms with Gasteiger partial charge in [-0.05, 0) is 36.8 Å². The van der Waals surface area contributed by atoms with Crippen LogP contribution in [0.15, 0.2) is 36.7 Å². The molecule has 0 saturated heterocycles. The van der Waals surface area contributed by atoms with Crippen LogP contribution in [0.4, 0.5) is 5.69 Å². The van der Waals surface area contributed by atoms with Crippen molar-refractivity contribution in [2.75, 3.05) is 19.0 Å². The summed E-state index contributed by atoms with van der Waals surface area (Å²) in [5.41, 5.74) is 3.66. The van der Waals surface area contributed by atoms with E-state index in [1.807, 2.05) is 6.20 Å². The first-order chi connectivity index (χ1) is 11.7. The van der Waals surface area contributed by atoms with E-state index >= 15 is 0 Å². The quantitative estimate of drug-likeness (QED) is 0.919. The van der Waals surface area contributed by atoms with Crippen LogP contribution in [-0.2, 0) is 27.9 Å². The van der Waals surface area contributed by atoms with Gasteiger partial charge in [0.2, 0.25) is 5.91 Å². The summed E-state index contributed by atoms with van der Waals surface area (Å²) in [6.07, 6.45) is 7.97. The van der Waals surface area contributed by atoms with E-state index in [4.69, 9.17) is 4.74 Å². The Bertz CT molecular complexity index is 755. The standard InChI is InChI=1S/C19H23N3O2/c1-24-10-9-22-13-15(12-20-22)21-18(23)17-11-19(17)8-4-6-14-5-2-3-7-16(14)19/h2-3,5,7,12-13,17H,4,6,8-11H2,1H3,(H,21,23)/t17-,19-/m1/s1. The largest absolute Gasteiger partial charge is 0.383 e. The molecule has 2 aliphatic rings. The van der Waals surface area contributed by atoms with Gasteiger partial charge in [-0.15, -0.1) is 0 Å². The van der Waals surface area contributed by atoms with Gasteiger partial charge < -0.3 is 10.1 Å². The van der Waals surface area contributed by atoms with E-state index < -0.39 is 0 Å². The number of nitrogens with zero attached hydrogens (tertiary/aromatic N) is 2. The van der Waals surface area contributed by atoms with Crippen LogP contribution in [0.2, 0.25) is 0 Å². The van der Waals surface area contributed by atoms with Gasteiger partial charge in [0, 0.05) is 24.6 Å². The molecule has 1 saturated carbocycles. The molecule has 1 spiro atoms. The zero-order valence-corrected chi connectivity index (χ0v) is 14.0. The number of nitrogens with one attached hydrogen (secondary N) is 1. The third-order valence-corrected chi connectivity index (χ3v) is 5.44. The van der Waals surface area contributed by atoms with Gasteiger partial charge in [-0.1, -0.05) is 24.3 Å². The first-order valence-corrected chi connectivity index (χ1v) is 8.63. The lowest BCUT2D eigenvalue weighted by atomic mass is 9.78. The molecular weight excluding hydrogens is 302 g/mol. The fraction of sp³-hybridized carbons (Fsp3) is 0.474. The average molecular weight is 325 g/mol. The number of fused-ring (bicyclic) bond motifs is 2. The summed E-state index contributed by atoms with van der Waals surface area (Å²) in [6, 6.07) is 8.62. The lowest BCUT2D eigenvalue weighted by molar-refractivity contribution is -0.117. The number of carbonyl (C=O) groups is 1. The molecule has 1 aromatic heterocycles. The molecule has 5 heteroatoms. The van der Waals surface area contributed by atoms with E-state index in [1.54, 1.807) is 18.0 Å². The minimum Gasteiger partial charge on any atom is -0.383 e. The van der Waals surface area contributed by atoms with Crippen molar-refractivity contribution in [2.24, 2.45) is 5.92 Å². The first kappa shape index (κ1) is 15.4. The van der Waals surface area contributed by atoms with Gasteiger partial charge in [-0.3, -0.25) is 9.48 Å². The van der Waals surface area contributed by atoms with Crippen molar-refractivity contribution in [3.63, 3.8) is 0 Å². The third-order valence-electron chi connectivity index (χ3n) is 5.44. The lowest BCUT2D eigenvalue weighted by Crippen LogP contribution is -2.24. The van der Waals surface area contributed by atoms with Crippen molar-refractivity contribution in [1.82, 2.24) is 9.78 Å². The van der Waals surface area contributed by atoms with Crippen LogP contribution in [0.5, 0.6) is 0 Å². The van der Waals surface area contributed by atoms with Gasteiger partial charge in [0.25, 0.3) is 0 Å². The smallest absolute Gasteiger partial charge is 0.228 e. The summed E-state index contributed by atoms with van der Waals surface area (Å²) in [7, 11) is 1.67. The van der Waals surface area contributed by atoms with Gasteiger partial charge in [0.05, 0.1) is 25.0 Å². The van der Waals surface area contributed by atoms with E-state index in [-0.39, 0.29) is 17.2 Å². The van der Waals surface area contributed by atoms with Gasteiger partial charge in [0.15, 0.2) is 0 Å². The number of ether oxygens (including phenoxy) is 1. The molecule has 1 fully saturated rings. The molecule has 4 rings (SSSR count).